The molecule has 0 bridgehead atoms. The molecular weight excluding hydrogens is 232 g/mol. The van der Waals surface area contributed by atoms with Gasteiger partial charge < -0.3 is 5.11 Å². The standard InChI is InChI=1S/C12H16N4O2/c17-10-4-6-14(9-10)7-8-16-12(18)15-5-2-1-3-11(15)13-16/h1-3,5,10,17H,4,6-9H2/t10-/m1/s1. The van der Waals surface area contributed by atoms with Crippen LogP contribution in [-0.4, -0.2) is 49.9 Å². The Balaban J connectivity index is 1.75. The van der Waals surface area contributed by atoms with E-state index in [9.17, 15) is 9.90 Å². The number of rotatable bonds is 3. The average molecular weight is 248 g/mol. The number of fused-ring (bicyclic) bond motifs is 1. The molecule has 0 aromatic carbocycles. The summed E-state index contributed by atoms with van der Waals surface area (Å²) < 4.78 is 3.03. The predicted octanol–water partition coefficient (Wildman–Crippen LogP) is -0.437. The zero-order valence-electron chi connectivity index (χ0n) is 10.1. The van der Waals surface area contributed by atoms with Crippen molar-refractivity contribution in [3.63, 3.8) is 0 Å². The number of hydrogen-bond donors (Lipinski definition) is 1. The molecule has 2 aromatic rings. The van der Waals surface area contributed by atoms with E-state index >= 15 is 0 Å². The van der Waals surface area contributed by atoms with Crippen molar-refractivity contribution < 1.29 is 5.11 Å². The van der Waals surface area contributed by atoms with E-state index in [4.69, 9.17) is 0 Å². The third-order valence-corrected chi connectivity index (χ3v) is 3.36. The molecule has 0 unspecified atom stereocenters. The molecule has 1 atom stereocenters. The molecule has 3 rings (SSSR count). The summed E-state index contributed by atoms with van der Waals surface area (Å²) in [6.07, 6.45) is 2.32. The molecule has 18 heavy (non-hydrogen) atoms. The summed E-state index contributed by atoms with van der Waals surface area (Å²) in [6, 6.07) is 5.50. The van der Waals surface area contributed by atoms with Crippen LogP contribution in [0.15, 0.2) is 29.2 Å². The summed E-state index contributed by atoms with van der Waals surface area (Å²) in [4.78, 5) is 14.1. The van der Waals surface area contributed by atoms with Crippen LogP contribution in [0.3, 0.4) is 0 Å². The lowest BCUT2D eigenvalue weighted by Crippen LogP contribution is -2.30. The third kappa shape index (κ3) is 2.04. The molecule has 0 aliphatic carbocycles. The van der Waals surface area contributed by atoms with E-state index in [1.165, 1.54) is 4.68 Å². The van der Waals surface area contributed by atoms with Crippen LogP contribution < -0.4 is 5.69 Å². The van der Waals surface area contributed by atoms with E-state index in [1.54, 1.807) is 10.6 Å². The van der Waals surface area contributed by atoms with Gasteiger partial charge in [-0.05, 0) is 18.6 Å². The van der Waals surface area contributed by atoms with Crippen molar-refractivity contribution in [3.05, 3.63) is 34.9 Å². The molecule has 0 spiro atoms. The summed E-state index contributed by atoms with van der Waals surface area (Å²) >= 11 is 0. The number of aliphatic hydroxyl groups is 1. The van der Waals surface area contributed by atoms with Gasteiger partial charge in [-0.1, -0.05) is 6.07 Å². The van der Waals surface area contributed by atoms with Crippen LogP contribution in [0, 0.1) is 0 Å². The molecule has 0 radical (unpaired) electrons. The number of hydrogen-bond acceptors (Lipinski definition) is 4. The maximum Gasteiger partial charge on any atom is 0.350 e. The van der Waals surface area contributed by atoms with Crippen molar-refractivity contribution in [2.75, 3.05) is 19.6 Å². The second-order valence-electron chi connectivity index (χ2n) is 4.68. The van der Waals surface area contributed by atoms with E-state index < -0.39 is 0 Å². The highest BCUT2D eigenvalue weighted by Crippen LogP contribution is 2.07. The first-order valence-electron chi connectivity index (χ1n) is 6.19. The predicted molar refractivity (Wildman–Crippen MR) is 66.5 cm³/mol. The first kappa shape index (κ1) is 11.4. The van der Waals surface area contributed by atoms with E-state index in [-0.39, 0.29) is 11.8 Å². The maximum absolute atomic E-state index is 12.0. The third-order valence-electron chi connectivity index (χ3n) is 3.36. The Hall–Kier alpha value is -1.66. The van der Waals surface area contributed by atoms with Gasteiger partial charge in [0.1, 0.15) is 0 Å². The minimum Gasteiger partial charge on any atom is -0.392 e. The van der Waals surface area contributed by atoms with Gasteiger partial charge in [0.05, 0.1) is 12.6 Å². The van der Waals surface area contributed by atoms with Crippen LogP contribution >= 0.6 is 0 Å². The minimum absolute atomic E-state index is 0.106. The second kappa shape index (κ2) is 4.55. The SMILES string of the molecule is O=c1n(CCN2CC[C@@H](O)C2)nc2ccccn12. The van der Waals surface area contributed by atoms with Crippen LogP contribution in [0.5, 0.6) is 0 Å². The molecular formula is C12H16N4O2. The van der Waals surface area contributed by atoms with Crippen molar-refractivity contribution in [2.24, 2.45) is 0 Å². The Kier molecular flexibility index (Phi) is 2.89. The number of nitrogens with zero attached hydrogens (tertiary/aromatic N) is 4. The van der Waals surface area contributed by atoms with Crippen molar-refractivity contribution in [1.82, 2.24) is 19.1 Å². The lowest BCUT2D eigenvalue weighted by Gasteiger charge is -2.13. The van der Waals surface area contributed by atoms with Crippen molar-refractivity contribution in [2.45, 2.75) is 19.1 Å². The summed E-state index contributed by atoms with van der Waals surface area (Å²) in [6.45, 7) is 2.90. The molecule has 1 aliphatic heterocycles. The highest BCUT2D eigenvalue weighted by molar-refractivity contribution is 5.35. The lowest BCUT2D eigenvalue weighted by molar-refractivity contribution is 0.174. The van der Waals surface area contributed by atoms with E-state index in [0.29, 0.717) is 18.7 Å². The number of β-amino-alcohol motifs (C(OH)–C–C–N with tert-alkyl or cyclic N) is 1. The zero-order valence-corrected chi connectivity index (χ0v) is 10.1. The van der Waals surface area contributed by atoms with Gasteiger partial charge in [0.15, 0.2) is 5.65 Å². The average Bonchev–Trinajstić information content (AvgIpc) is 2.92. The Bertz CT molecular complexity index is 603. The first-order chi connectivity index (χ1) is 8.74. The summed E-state index contributed by atoms with van der Waals surface area (Å²) in [7, 11) is 0. The van der Waals surface area contributed by atoms with E-state index in [0.717, 1.165) is 19.5 Å². The Morgan fingerprint density at radius 3 is 3.00 bits per heavy atom. The van der Waals surface area contributed by atoms with Crippen molar-refractivity contribution in [3.8, 4) is 0 Å². The topological polar surface area (TPSA) is 62.8 Å². The molecule has 0 saturated carbocycles. The molecule has 1 N–H and O–H groups in total. The number of aromatic nitrogens is 3. The van der Waals surface area contributed by atoms with Crippen LogP contribution in [0.4, 0.5) is 0 Å². The first-order valence-corrected chi connectivity index (χ1v) is 6.19. The van der Waals surface area contributed by atoms with E-state index in [1.807, 2.05) is 18.2 Å². The Morgan fingerprint density at radius 2 is 2.28 bits per heavy atom. The number of pyridine rings is 1. The minimum atomic E-state index is -0.220. The monoisotopic (exact) mass is 248 g/mol. The summed E-state index contributed by atoms with van der Waals surface area (Å²) in [5, 5.41) is 13.7. The van der Waals surface area contributed by atoms with Gasteiger partial charge in [-0.25, -0.2) is 9.48 Å². The number of likely N-dealkylation sites (tertiary alicyclic amines) is 1. The molecule has 6 nitrogen and oxygen atoms in total. The summed E-state index contributed by atoms with van der Waals surface area (Å²) in [5.41, 5.74) is 0.564. The van der Waals surface area contributed by atoms with Gasteiger partial charge in [-0.2, -0.15) is 0 Å². The van der Waals surface area contributed by atoms with Crippen LogP contribution in [-0.2, 0) is 6.54 Å². The molecule has 2 aromatic heterocycles. The van der Waals surface area contributed by atoms with Gasteiger partial charge >= 0.3 is 5.69 Å². The lowest BCUT2D eigenvalue weighted by atomic mass is 10.3. The van der Waals surface area contributed by atoms with Gasteiger partial charge in [0.2, 0.25) is 0 Å². The molecule has 3 heterocycles. The molecule has 96 valence electrons. The smallest absolute Gasteiger partial charge is 0.350 e. The van der Waals surface area contributed by atoms with Gasteiger partial charge in [0.25, 0.3) is 0 Å². The maximum atomic E-state index is 12.0. The number of aliphatic hydroxyl groups excluding tert-OH is 1. The van der Waals surface area contributed by atoms with Gasteiger partial charge in [-0.15, -0.1) is 5.10 Å². The van der Waals surface area contributed by atoms with Crippen molar-refractivity contribution >= 4 is 5.65 Å². The Labute approximate surface area is 104 Å². The van der Waals surface area contributed by atoms with Crippen LogP contribution in [0.25, 0.3) is 5.65 Å². The second-order valence-corrected chi connectivity index (χ2v) is 4.68. The molecule has 1 aliphatic rings. The van der Waals surface area contributed by atoms with Gasteiger partial charge in [-0.3, -0.25) is 9.30 Å². The highest BCUT2D eigenvalue weighted by Gasteiger charge is 2.20. The Morgan fingerprint density at radius 1 is 1.39 bits per heavy atom. The van der Waals surface area contributed by atoms with Gasteiger partial charge in [0, 0.05) is 25.8 Å². The summed E-state index contributed by atoms with van der Waals surface area (Å²) in [5.74, 6) is 0. The molecule has 0 amide bonds. The normalized spacial score (nSPS) is 20.8. The molecule has 6 heteroatoms. The van der Waals surface area contributed by atoms with Crippen LogP contribution in [0.2, 0.25) is 0 Å². The van der Waals surface area contributed by atoms with E-state index in [2.05, 4.69) is 10.00 Å². The highest BCUT2D eigenvalue weighted by atomic mass is 16.3. The largest absolute Gasteiger partial charge is 0.392 e. The van der Waals surface area contributed by atoms with Crippen molar-refractivity contribution in [1.29, 1.82) is 0 Å². The quantitative estimate of drug-likeness (QED) is 0.800. The van der Waals surface area contributed by atoms with Crippen LogP contribution in [0.1, 0.15) is 6.42 Å². The molecule has 1 fully saturated rings. The fourth-order valence-electron chi connectivity index (χ4n) is 2.37. The molecule has 1 saturated heterocycles. The fourth-order valence-corrected chi connectivity index (χ4v) is 2.37. The zero-order chi connectivity index (χ0) is 12.5. The fraction of sp³-hybridized carbons (Fsp3) is 0.500.